The number of hydrogen-bond acceptors (Lipinski definition) is 4. The van der Waals surface area contributed by atoms with Crippen molar-refractivity contribution in [3.63, 3.8) is 0 Å². The molecule has 100 valence electrons. The molecule has 0 saturated carbocycles. The van der Waals surface area contributed by atoms with Gasteiger partial charge in [-0.3, -0.25) is 4.79 Å². The van der Waals surface area contributed by atoms with Gasteiger partial charge >= 0.3 is 5.82 Å². The summed E-state index contributed by atoms with van der Waals surface area (Å²) >= 11 is 0. The van der Waals surface area contributed by atoms with Crippen molar-refractivity contribution in [2.45, 2.75) is 19.4 Å². The summed E-state index contributed by atoms with van der Waals surface area (Å²) in [6, 6.07) is 2.69. The smallest absolute Gasteiger partial charge is 0.323 e. The van der Waals surface area contributed by atoms with Gasteiger partial charge in [-0.05, 0) is 24.8 Å². The fraction of sp³-hybridized carbons (Fsp3) is 0.545. The van der Waals surface area contributed by atoms with Crippen molar-refractivity contribution < 1.29 is 14.8 Å². The molecule has 0 fully saturated rings. The van der Waals surface area contributed by atoms with E-state index in [-0.39, 0.29) is 24.0 Å². The predicted molar refractivity (Wildman–Crippen MR) is 65.3 cm³/mol. The standard InChI is InChI=1S/C11H17N3O4/c1-11(2,7-15)13(4)10(16)8-5-6-9(12(8)3)14(17)18/h5-6,15H,7H2,1-4H3. The summed E-state index contributed by atoms with van der Waals surface area (Å²) < 4.78 is 1.23. The molecule has 18 heavy (non-hydrogen) atoms. The Hall–Kier alpha value is -1.89. The first-order valence-corrected chi connectivity index (χ1v) is 5.41. The zero-order valence-corrected chi connectivity index (χ0v) is 10.9. The highest BCUT2D eigenvalue weighted by molar-refractivity contribution is 5.93. The van der Waals surface area contributed by atoms with Crippen LogP contribution in [-0.2, 0) is 7.05 Å². The number of amides is 1. The van der Waals surface area contributed by atoms with E-state index in [2.05, 4.69) is 0 Å². The maximum atomic E-state index is 12.2. The lowest BCUT2D eigenvalue weighted by Crippen LogP contribution is -2.48. The molecule has 1 aromatic heterocycles. The average Bonchev–Trinajstić information content (AvgIpc) is 2.69. The summed E-state index contributed by atoms with van der Waals surface area (Å²) in [5.41, 5.74) is -0.512. The van der Waals surface area contributed by atoms with Gasteiger partial charge in [-0.25, -0.2) is 4.57 Å². The highest BCUT2D eigenvalue weighted by atomic mass is 16.6. The van der Waals surface area contributed by atoms with Gasteiger partial charge in [-0.15, -0.1) is 0 Å². The third-order valence-corrected chi connectivity index (χ3v) is 3.10. The molecular formula is C11H17N3O4. The first-order valence-electron chi connectivity index (χ1n) is 5.41. The van der Waals surface area contributed by atoms with E-state index in [1.807, 2.05) is 0 Å². The number of aromatic nitrogens is 1. The summed E-state index contributed by atoms with van der Waals surface area (Å²) in [6.45, 7) is 3.23. The Labute approximate surface area is 105 Å². The molecule has 1 amide bonds. The third-order valence-electron chi connectivity index (χ3n) is 3.10. The van der Waals surface area contributed by atoms with E-state index in [4.69, 9.17) is 0 Å². The third kappa shape index (κ3) is 2.35. The number of likely N-dealkylation sites (N-methyl/N-ethyl adjacent to an activating group) is 1. The van der Waals surface area contributed by atoms with Crippen LogP contribution in [0.15, 0.2) is 12.1 Å². The van der Waals surface area contributed by atoms with Gasteiger partial charge in [-0.1, -0.05) is 0 Å². The van der Waals surface area contributed by atoms with Crippen molar-refractivity contribution in [3.05, 3.63) is 27.9 Å². The summed E-state index contributed by atoms with van der Waals surface area (Å²) in [6.07, 6.45) is 0. The summed E-state index contributed by atoms with van der Waals surface area (Å²) in [5.74, 6) is -0.516. The number of rotatable bonds is 4. The molecule has 1 N–H and O–H groups in total. The van der Waals surface area contributed by atoms with Crippen molar-refractivity contribution in [1.82, 2.24) is 9.47 Å². The lowest BCUT2D eigenvalue weighted by Gasteiger charge is -2.33. The van der Waals surface area contributed by atoms with Gasteiger partial charge in [0.1, 0.15) is 0 Å². The van der Waals surface area contributed by atoms with Gasteiger partial charge in [0.05, 0.1) is 19.2 Å². The minimum Gasteiger partial charge on any atom is -0.394 e. The SMILES string of the molecule is CN(C(=O)c1ccc([N+](=O)[O-])n1C)C(C)(C)CO. The average molecular weight is 255 g/mol. The molecule has 0 bridgehead atoms. The summed E-state index contributed by atoms with van der Waals surface area (Å²) in [5, 5.41) is 19.9. The van der Waals surface area contributed by atoms with E-state index < -0.39 is 10.5 Å². The molecule has 1 aromatic rings. The molecule has 1 rings (SSSR count). The number of nitro groups is 1. The van der Waals surface area contributed by atoms with Gasteiger partial charge < -0.3 is 20.1 Å². The zero-order chi connectivity index (χ0) is 14.1. The number of aliphatic hydroxyl groups is 1. The van der Waals surface area contributed by atoms with Crippen LogP contribution in [0.25, 0.3) is 0 Å². The number of carbonyl (C=O) groups is 1. The van der Waals surface area contributed by atoms with Crippen LogP contribution in [0.2, 0.25) is 0 Å². The molecule has 0 aromatic carbocycles. The molecule has 0 unspecified atom stereocenters. The molecule has 0 atom stereocenters. The van der Waals surface area contributed by atoms with Crippen molar-refractivity contribution in [1.29, 1.82) is 0 Å². The molecule has 0 saturated heterocycles. The Morgan fingerprint density at radius 3 is 2.50 bits per heavy atom. The Bertz CT molecular complexity index is 479. The van der Waals surface area contributed by atoms with Gasteiger partial charge in [0.25, 0.3) is 5.91 Å². The first kappa shape index (κ1) is 14.2. The van der Waals surface area contributed by atoms with Gasteiger partial charge in [-0.2, -0.15) is 0 Å². The molecule has 7 heteroatoms. The van der Waals surface area contributed by atoms with Crippen LogP contribution in [-0.4, -0.2) is 44.6 Å². The van der Waals surface area contributed by atoms with Crippen molar-refractivity contribution in [2.75, 3.05) is 13.7 Å². The lowest BCUT2D eigenvalue weighted by molar-refractivity contribution is -0.391. The van der Waals surface area contributed by atoms with Crippen LogP contribution in [0.3, 0.4) is 0 Å². The molecule has 0 aliphatic rings. The highest BCUT2D eigenvalue weighted by Gasteiger charge is 2.31. The lowest BCUT2D eigenvalue weighted by atomic mass is 10.0. The highest BCUT2D eigenvalue weighted by Crippen LogP contribution is 2.20. The second-order valence-electron chi connectivity index (χ2n) is 4.73. The Kier molecular flexibility index (Phi) is 3.76. The molecule has 0 radical (unpaired) electrons. The van der Waals surface area contributed by atoms with Crippen LogP contribution in [0.1, 0.15) is 24.3 Å². The first-order chi connectivity index (χ1) is 8.22. The largest absolute Gasteiger partial charge is 0.394 e. The van der Waals surface area contributed by atoms with Crippen molar-refractivity contribution >= 4 is 11.7 Å². The van der Waals surface area contributed by atoms with E-state index in [0.717, 1.165) is 0 Å². The minimum absolute atomic E-state index is 0.145. The van der Waals surface area contributed by atoms with Crippen LogP contribution >= 0.6 is 0 Å². The molecule has 0 spiro atoms. The summed E-state index contributed by atoms with van der Waals surface area (Å²) in [7, 11) is 3.02. The molecule has 7 nitrogen and oxygen atoms in total. The second kappa shape index (κ2) is 4.77. The second-order valence-corrected chi connectivity index (χ2v) is 4.73. The fourth-order valence-electron chi connectivity index (χ4n) is 1.45. The Morgan fingerprint density at radius 2 is 2.11 bits per heavy atom. The predicted octanol–water partition coefficient (Wildman–Crippen LogP) is 0.776. The molecule has 0 aliphatic heterocycles. The van der Waals surface area contributed by atoms with E-state index in [1.165, 1.54) is 28.6 Å². The van der Waals surface area contributed by atoms with E-state index in [9.17, 15) is 20.0 Å². The zero-order valence-electron chi connectivity index (χ0n) is 10.9. The normalized spacial score (nSPS) is 11.4. The van der Waals surface area contributed by atoms with E-state index >= 15 is 0 Å². The molecular weight excluding hydrogens is 238 g/mol. The van der Waals surface area contributed by atoms with Gasteiger partial charge in [0, 0.05) is 13.1 Å². The maximum absolute atomic E-state index is 12.2. The monoisotopic (exact) mass is 255 g/mol. The number of aliphatic hydroxyl groups excluding tert-OH is 1. The van der Waals surface area contributed by atoms with Crippen LogP contribution in [0.5, 0.6) is 0 Å². The van der Waals surface area contributed by atoms with Crippen LogP contribution < -0.4 is 0 Å². The van der Waals surface area contributed by atoms with Gasteiger partial charge in [0.15, 0.2) is 5.69 Å². The van der Waals surface area contributed by atoms with E-state index in [0.29, 0.717) is 0 Å². The van der Waals surface area contributed by atoms with Crippen molar-refractivity contribution in [3.8, 4) is 0 Å². The molecule has 0 aliphatic carbocycles. The number of carbonyl (C=O) groups excluding carboxylic acids is 1. The Balaban J connectivity index is 3.09. The maximum Gasteiger partial charge on any atom is 0.323 e. The topological polar surface area (TPSA) is 88.6 Å². The van der Waals surface area contributed by atoms with Gasteiger partial charge in [0.2, 0.25) is 0 Å². The van der Waals surface area contributed by atoms with E-state index in [1.54, 1.807) is 20.9 Å². The minimum atomic E-state index is -0.726. The number of nitrogens with zero attached hydrogens (tertiary/aromatic N) is 3. The van der Waals surface area contributed by atoms with Crippen LogP contribution in [0.4, 0.5) is 5.82 Å². The fourth-order valence-corrected chi connectivity index (χ4v) is 1.45. The quantitative estimate of drug-likeness (QED) is 0.636. The number of hydrogen-bond donors (Lipinski definition) is 1. The Morgan fingerprint density at radius 1 is 1.56 bits per heavy atom. The van der Waals surface area contributed by atoms with Crippen LogP contribution in [0, 0.1) is 10.1 Å². The van der Waals surface area contributed by atoms with Crippen molar-refractivity contribution in [2.24, 2.45) is 7.05 Å². The molecule has 1 heterocycles. The summed E-state index contributed by atoms with van der Waals surface area (Å²) in [4.78, 5) is 23.7.